The standard InChI is InChI=1S/C45H73N6O12P/c1-8-22-56-29-32-59-26-19-47-41(52)12-15-45(16-13-42(53)48-20-27-60-33-30-57-23-9-2,17-14-43(54)49-21-28-61-34-31-58-24-10-3)50-44(55)39-35-40(36-39)63-64(62-25-11-18-46)51(37(4)5)38(6)7/h1-3,37-40H,11-17,19-36H2,4-7H3,(H,47,52)(H,48,53)(H,49,54)(H,50,55)/t39-,40-,64?. The smallest absolute Gasteiger partial charge is 0.259 e. The van der Waals surface area contributed by atoms with Crippen molar-refractivity contribution < 1.29 is 56.6 Å². The molecule has 0 aromatic rings. The first-order valence-electron chi connectivity index (χ1n) is 22.1. The number of hydrogen-bond donors (Lipinski definition) is 4. The fourth-order valence-electron chi connectivity index (χ4n) is 6.38. The van der Waals surface area contributed by atoms with E-state index in [1.807, 2.05) is 0 Å². The van der Waals surface area contributed by atoms with Gasteiger partial charge in [-0.3, -0.25) is 19.2 Å². The van der Waals surface area contributed by atoms with Crippen molar-refractivity contribution in [2.24, 2.45) is 5.92 Å². The van der Waals surface area contributed by atoms with E-state index in [1.165, 1.54) is 0 Å². The van der Waals surface area contributed by atoms with Crippen molar-refractivity contribution in [3.8, 4) is 43.1 Å². The number of nitriles is 1. The summed E-state index contributed by atoms with van der Waals surface area (Å²) in [5.74, 6) is 5.61. The van der Waals surface area contributed by atoms with Crippen LogP contribution in [0, 0.1) is 54.3 Å². The first-order chi connectivity index (χ1) is 30.9. The molecule has 4 amide bonds. The molecule has 1 aliphatic rings. The third-order valence-corrected chi connectivity index (χ3v) is 11.8. The molecule has 18 nitrogen and oxygen atoms in total. The molecular formula is C45H73N6O12P. The van der Waals surface area contributed by atoms with Crippen LogP contribution in [0.2, 0.25) is 0 Å². The van der Waals surface area contributed by atoms with Crippen LogP contribution in [0.3, 0.4) is 0 Å². The summed E-state index contributed by atoms with van der Waals surface area (Å²) in [4.78, 5) is 53.7. The number of carbonyl (C=O) groups excluding carboxylic acids is 4. The Labute approximate surface area is 382 Å². The van der Waals surface area contributed by atoms with Crippen LogP contribution >= 0.6 is 8.53 Å². The minimum Gasteiger partial charge on any atom is -0.377 e. The molecular weight excluding hydrogens is 847 g/mol. The van der Waals surface area contributed by atoms with Crippen LogP contribution in [-0.4, -0.2) is 158 Å². The summed E-state index contributed by atoms with van der Waals surface area (Å²) >= 11 is 0. The van der Waals surface area contributed by atoms with Gasteiger partial charge < -0.3 is 58.7 Å². The third-order valence-electron chi connectivity index (χ3n) is 9.63. The van der Waals surface area contributed by atoms with Crippen LogP contribution in [0.15, 0.2) is 0 Å². The molecule has 1 rings (SSSR count). The molecule has 1 atom stereocenters. The highest BCUT2D eigenvalue weighted by Gasteiger charge is 2.42. The number of carbonyl (C=O) groups is 4. The van der Waals surface area contributed by atoms with E-state index in [-0.39, 0.29) is 153 Å². The molecule has 1 aliphatic carbocycles. The number of nitrogens with zero attached hydrogens (tertiary/aromatic N) is 2. The Morgan fingerprint density at radius 3 is 1.39 bits per heavy atom. The van der Waals surface area contributed by atoms with E-state index in [9.17, 15) is 19.2 Å². The Morgan fingerprint density at radius 1 is 0.641 bits per heavy atom. The number of terminal acetylenes is 3. The number of nitrogens with one attached hydrogen (secondary N) is 4. The van der Waals surface area contributed by atoms with Gasteiger partial charge >= 0.3 is 0 Å². The first-order valence-corrected chi connectivity index (χ1v) is 23.2. The lowest BCUT2D eigenvalue weighted by atomic mass is 9.78. The second-order valence-corrected chi connectivity index (χ2v) is 16.8. The highest BCUT2D eigenvalue weighted by Crippen LogP contribution is 2.50. The molecule has 1 fully saturated rings. The van der Waals surface area contributed by atoms with E-state index in [2.05, 4.69) is 77.5 Å². The molecule has 0 radical (unpaired) electrons. The van der Waals surface area contributed by atoms with E-state index in [0.717, 1.165) is 0 Å². The van der Waals surface area contributed by atoms with Crippen molar-refractivity contribution in [1.29, 1.82) is 5.26 Å². The largest absolute Gasteiger partial charge is 0.377 e. The van der Waals surface area contributed by atoms with Crippen molar-refractivity contribution in [2.45, 2.75) is 109 Å². The molecule has 0 bridgehead atoms. The minimum atomic E-state index is -1.50. The Balaban J connectivity index is 3.15. The third kappa shape index (κ3) is 28.1. The summed E-state index contributed by atoms with van der Waals surface area (Å²) in [6, 6.07) is 2.33. The van der Waals surface area contributed by atoms with E-state index in [4.69, 9.17) is 62.0 Å². The van der Waals surface area contributed by atoms with Crippen molar-refractivity contribution in [2.75, 3.05) is 106 Å². The van der Waals surface area contributed by atoms with Crippen LogP contribution in [-0.2, 0) is 56.6 Å². The molecule has 0 aromatic heterocycles. The van der Waals surface area contributed by atoms with E-state index >= 15 is 0 Å². The molecule has 64 heavy (non-hydrogen) atoms. The maximum absolute atomic E-state index is 14.1. The zero-order valence-electron chi connectivity index (χ0n) is 38.5. The zero-order chi connectivity index (χ0) is 47.3. The summed E-state index contributed by atoms with van der Waals surface area (Å²) in [6.45, 7) is 12.4. The van der Waals surface area contributed by atoms with E-state index < -0.39 is 20.0 Å². The predicted molar refractivity (Wildman–Crippen MR) is 242 cm³/mol. The molecule has 1 unspecified atom stereocenters. The number of amides is 4. The number of ether oxygens (including phenoxy) is 6. The van der Waals surface area contributed by atoms with E-state index in [1.54, 1.807) is 0 Å². The van der Waals surface area contributed by atoms with Crippen molar-refractivity contribution in [3.05, 3.63) is 0 Å². The average molecular weight is 921 g/mol. The Kier molecular flexibility index (Phi) is 33.9. The fraction of sp³-hybridized carbons (Fsp3) is 0.756. The summed E-state index contributed by atoms with van der Waals surface area (Å²) in [5, 5.41) is 20.8. The van der Waals surface area contributed by atoms with Gasteiger partial charge in [-0.2, -0.15) is 5.26 Å². The topological polar surface area (TPSA) is 217 Å². The summed E-state index contributed by atoms with van der Waals surface area (Å²) in [7, 11) is -1.50. The normalized spacial score (nSPS) is 15.0. The predicted octanol–water partition coefficient (Wildman–Crippen LogP) is 2.60. The second-order valence-electron chi connectivity index (χ2n) is 15.4. The summed E-state index contributed by atoms with van der Waals surface area (Å²) < 4.78 is 46.8. The Morgan fingerprint density at radius 2 is 1.03 bits per heavy atom. The van der Waals surface area contributed by atoms with Crippen LogP contribution in [0.4, 0.5) is 0 Å². The van der Waals surface area contributed by atoms with Crippen LogP contribution < -0.4 is 21.3 Å². The van der Waals surface area contributed by atoms with Gasteiger partial charge in [0.15, 0.2) is 0 Å². The van der Waals surface area contributed by atoms with Crippen LogP contribution in [0.5, 0.6) is 0 Å². The zero-order valence-corrected chi connectivity index (χ0v) is 39.4. The van der Waals surface area contributed by atoms with Gasteiger partial charge in [0.2, 0.25) is 23.6 Å². The number of hydrogen-bond acceptors (Lipinski definition) is 14. The van der Waals surface area contributed by atoms with Gasteiger partial charge in [0.05, 0.1) is 84.7 Å². The van der Waals surface area contributed by atoms with Gasteiger partial charge in [0, 0.05) is 62.4 Å². The maximum atomic E-state index is 14.1. The molecule has 19 heteroatoms. The maximum Gasteiger partial charge on any atom is 0.259 e. The second kappa shape index (κ2) is 37.4. The lowest BCUT2D eigenvalue weighted by molar-refractivity contribution is -0.134. The lowest BCUT2D eigenvalue weighted by Gasteiger charge is -2.43. The Bertz CT molecular complexity index is 1370. The molecule has 0 heterocycles. The molecule has 0 aromatic carbocycles. The molecule has 0 saturated heterocycles. The van der Waals surface area contributed by atoms with Crippen LogP contribution in [0.1, 0.15) is 85.5 Å². The van der Waals surface area contributed by atoms with E-state index in [0.29, 0.717) is 52.5 Å². The fourth-order valence-corrected chi connectivity index (χ4v) is 8.11. The van der Waals surface area contributed by atoms with Crippen molar-refractivity contribution in [1.82, 2.24) is 25.9 Å². The van der Waals surface area contributed by atoms with Crippen molar-refractivity contribution >= 4 is 32.2 Å². The van der Waals surface area contributed by atoms with Gasteiger partial charge in [-0.1, -0.05) is 17.8 Å². The lowest BCUT2D eigenvalue weighted by Crippen LogP contribution is -2.54. The molecule has 0 spiro atoms. The molecule has 360 valence electrons. The number of rotatable bonds is 40. The minimum absolute atomic E-state index is 0.000937. The highest BCUT2D eigenvalue weighted by atomic mass is 31.2. The monoisotopic (exact) mass is 921 g/mol. The first kappa shape index (κ1) is 58.1. The van der Waals surface area contributed by atoms with Crippen molar-refractivity contribution in [3.63, 3.8) is 0 Å². The SMILES string of the molecule is C#CCOCCOCCNC(=O)CCC(CCC(=O)NCCOCCOCC#C)(CCC(=O)NCCOCCOCC#C)NC(=O)[C@H]1C[C@H](OP(OCCC#N)N(C(C)C)C(C)C)C1. The van der Waals surface area contributed by atoms with Gasteiger partial charge in [0.25, 0.3) is 8.53 Å². The Hall–Kier alpha value is -3.88. The van der Waals surface area contributed by atoms with Gasteiger partial charge in [0.1, 0.15) is 19.8 Å². The van der Waals surface area contributed by atoms with Gasteiger partial charge in [-0.15, -0.1) is 19.3 Å². The molecule has 0 aliphatic heterocycles. The summed E-state index contributed by atoms with van der Waals surface area (Å²) in [6.07, 6.45) is 16.8. The average Bonchev–Trinajstić information content (AvgIpc) is 3.24. The quantitative estimate of drug-likeness (QED) is 0.0395. The van der Waals surface area contributed by atoms with Crippen LogP contribution in [0.25, 0.3) is 0 Å². The molecule has 4 N–H and O–H groups in total. The van der Waals surface area contributed by atoms with Gasteiger partial charge in [-0.25, -0.2) is 4.67 Å². The summed E-state index contributed by atoms with van der Waals surface area (Å²) in [5.41, 5.74) is -1.12. The van der Waals surface area contributed by atoms with Gasteiger partial charge in [-0.05, 0) is 59.8 Å². The molecule has 1 saturated carbocycles. The highest BCUT2D eigenvalue weighted by molar-refractivity contribution is 7.44.